The Kier molecular flexibility index (Phi) is 5.01. The molecule has 1 aromatic carbocycles. The van der Waals surface area contributed by atoms with Gasteiger partial charge in [0.25, 0.3) is 0 Å². The van der Waals surface area contributed by atoms with Crippen molar-refractivity contribution >= 4 is 34.1 Å². The molecule has 1 aliphatic rings. The van der Waals surface area contributed by atoms with Crippen LogP contribution in [-0.2, 0) is 4.79 Å². The number of halogens is 1. The molecule has 24 heavy (non-hydrogen) atoms. The number of aromatic nitrogens is 1. The fraction of sp³-hybridized carbons (Fsp3) is 0.500. The SMILES string of the molecule is Cc1c[nH]c2c(O)cc3c(c12)C(CCl)CN3C(=O)CCCCCN. The van der Waals surface area contributed by atoms with Crippen LogP contribution in [0.25, 0.3) is 10.9 Å². The molecule has 1 aromatic heterocycles. The van der Waals surface area contributed by atoms with Gasteiger partial charge in [-0.1, -0.05) is 6.42 Å². The number of carbonyl (C=O) groups is 1. The van der Waals surface area contributed by atoms with Gasteiger partial charge in [-0.2, -0.15) is 0 Å². The number of rotatable bonds is 6. The van der Waals surface area contributed by atoms with E-state index < -0.39 is 0 Å². The van der Waals surface area contributed by atoms with E-state index in [9.17, 15) is 9.90 Å². The highest BCUT2D eigenvalue weighted by Crippen LogP contribution is 2.46. The fourth-order valence-electron chi connectivity index (χ4n) is 3.62. The Morgan fingerprint density at radius 1 is 1.46 bits per heavy atom. The van der Waals surface area contributed by atoms with E-state index in [1.54, 1.807) is 11.0 Å². The van der Waals surface area contributed by atoms with Crippen LogP contribution in [0.5, 0.6) is 5.75 Å². The lowest BCUT2D eigenvalue weighted by molar-refractivity contribution is -0.118. The van der Waals surface area contributed by atoms with Crippen LogP contribution in [0.2, 0.25) is 0 Å². The number of phenols is 1. The number of aromatic amines is 1. The zero-order valence-corrected chi connectivity index (χ0v) is 14.7. The summed E-state index contributed by atoms with van der Waals surface area (Å²) in [7, 11) is 0. The third-order valence-corrected chi connectivity index (χ3v) is 5.21. The number of hydrogen-bond donors (Lipinski definition) is 3. The Balaban J connectivity index is 1.94. The molecule has 5 nitrogen and oxygen atoms in total. The van der Waals surface area contributed by atoms with E-state index in [1.807, 2.05) is 13.1 Å². The number of nitrogens with zero attached hydrogens (tertiary/aromatic N) is 1. The van der Waals surface area contributed by atoms with Gasteiger partial charge >= 0.3 is 0 Å². The predicted octanol–water partition coefficient (Wildman–Crippen LogP) is 3.37. The zero-order valence-electron chi connectivity index (χ0n) is 13.9. The second-order valence-corrected chi connectivity index (χ2v) is 6.81. The van der Waals surface area contributed by atoms with Crippen molar-refractivity contribution in [3.8, 4) is 5.75 Å². The Hall–Kier alpha value is -1.72. The molecule has 2 heterocycles. The maximum absolute atomic E-state index is 12.7. The topological polar surface area (TPSA) is 82.3 Å². The number of aryl methyl sites for hydroxylation is 1. The van der Waals surface area contributed by atoms with Gasteiger partial charge in [-0.05, 0) is 37.4 Å². The van der Waals surface area contributed by atoms with Crippen LogP contribution in [0.1, 0.15) is 42.7 Å². The number of benzene rings is 1. The molecule has 0 spiro atoms. The number of nitrogens with one attached hydrogen (secondary N) is 1. The molecule has 0 radical (unpaired) electrons. The van der Waals surface area contributed by atoms with Gasteiger partial charge in [0, 0.05) is 42.4 Å². The number of hydrogen-bond acceptors (Lipinski definition) is 3. The summed E-state index contributed by atoms with van der Waals surface area (Å²) in [6.07, 6.45) is 5.12. The van der Waals surface area contributed by atoms with Crippen molar-refractivity contribution < 1.29 is 9.90 Å². The highest BCUT2D eigenvalue weighted by Gasteiger charge is 2.34. The molecule has 0 saturated carbocycles. The first kappa shape index (κ1) is 17.1. The maximum Gasteiger partial charge on any atom is 0.227 e. The minimum atomic E-state index is 0.0901. The molecule has 1 unspecified atom stereocenters. The molecule has 6 heteroatoms. The smallest absolute Gasteiger partial charge is 0.227 e. The first-order valence-corrected chi connectivity index (χ1v) is 9.01. The van der Waals surface area contributed by atoms with Gasteiger partial charge in [0.05, 0.1) is 11.2 Å². The largest absolute Gasteiger partial charge is 0.506 e. The molecule has 1 aliphatic heterocycles. The molecule has 0 saturated heterocycles. The molecule has 1 amide bonds. The lowest BCUT2D eigenvalue weighted by atomic mass is 9.97. The van der Waals surface area contributed by atoms with Crippen molar-refractivity contribution in [2.45, 2.75) is 38.5 Å². The highest BCUT2D eigenvalue weighted by atomic mass is 35.5. The lowest BCUT2D eigenvalue weighted by Gasteiger charge is -2.18. The number of amides is 1. The van der Waals surface area contributed by atoms with Crippen LogP contribution >= 0.6 is 11.6 Å². The van der Waals surface area contributed by atoms with Crippen LogP contribution in [0.15, 0.2) is 12.3 Å². The summed E-state index contributed by atoms with van der Waals surface area (Å²) in [5, 5.41) is 11.3. The quantitative estimate of drug-likeness (QED) is 0.552. The van der Waals surface area contributed by atoms with E-state index >= 15 is 0 Å². The molecule has 130 valence electrons. The summed E-state index contributed by atoms with van der Waals surface area (Å²) < 4.78 is 0. The van der Waals surface area contributed by atoms with Gasteiger partial charge in [0.15, 0.2) is 0 Å². The fourth-order valence-corrected chi connectivity index (χ4v) is 3.87. The molecule has 0 fully saturated rings. The van der Waals surface area contributed by atoms with E-state index in [1.165, 1.54) is 0 Å². The van der Waals surface area contributed by atoms with Crippen molar-refractivity contribution in [3.05, 3.63) is 23.4 Å². The molecule has 0 aliphatic carbocycles. The van der Waals surface area contributed by atoms with Crippen molar-refractivity contribution in [1.29, 1.82) is 0 Å². The Morgan fingerprint density at radius 2 is 2.25 bits per heavy atom. The molecule has 2 aromatic rings. The number of carbonyl (C=O) groups excluding carboxylic acids is 1. The number of H-pyrrole nitrogens is 1. The molecular weight excluding hydrogens is 326 g/mol. The van der Waals surface area contributed by atoms with Crippen molar-refractivity contribution in [2.75, 3.05) is 23.9 Å². The predicted molar refractivity (Wildman–Crippen MR) is 98.0 cm³/mol. The average molecular weight is 350 g/mol. The van der Waals surface area contributed by atoms with Crippen LogP contribution in [0.4, 0.5) is 5.69 Å². The number of anilines is 1. The monoisotopic (exact) mass is 349 g/mol. The summed E-state index contributed by atoms with van der Waals surface area (Å²) in [6, 6.07) is 1.69. The van der Waals surface area contributed by atoms with Gasteiger partial charge in [-0.3, -0.25) is 4.79 Å². The second-order valence-electron chi connectivity index (χ2n) is 6.51. The Labute approximate surface area is 146 Å². The van der Waals surface area contributed by atoms with Gasteiger partial charge in [0.2, 0.25) is 5.91 Å². The number of fused-ring (bicyclic) bond motifs is 3. The molecular formula is C18H24ClN3O2. The van der Waals surface area contributed by atoms with Crippen LogP contribution in [0, 0.1) is 6.92 Å². The average Bonchev–Trinajstić information content (AvgIpc) is 3.12. The summed E-state index contributed by atoms with van der Waals surface area (Å²) in [6.45, 7) is 3.24. The van der Waals surface area contributed by atoms with Crippen LogP contribution < -0.4 is 10.6 Å². The number of phenolic OH excluding ortho intramolecular Hbond substituents is 1. The molecule has 0 bridgehead atoms. The van der Waals surface area contributed by atoms with E-state index in [0.717, 1.165) is 47.0 Å². The van der Waals surface area contributed by atoms with Crippen molar-refractivity contribution in [1.82, 2.24) is 4.98 Å². The van der Waals surface area contributed by atoms with E-state index in [2.05, 4.69) is 4.98 Å². The molecule has 4 N–H and O–H groups in total. The molecule has 3 rings (SSSR count). The third kappa shape index (κ3) is 2.87. The lowest BCUT2D eigenvalue weighted by Crippen LogP contribution is -2.29. The summed E-state index contributed by atoms with van der Waals surface area (Å²) in [5.41, 5.74) is 9.16. The zero-order chi connectivity index (χ0) is 17.3. The Morgan fingerprint density at radius 3 is 2.96 bits per heavy atom. The number of alkyl halides is 1. The highest BCUT2D eigenvalue weighted by molar-refractivity contribution is 6.19. The summed E-state index contributed by atoms with van der Waals surface area (Å²) in [5.74, 6) is 0.808. The van der Waals surface area contributed by atoms with Gasteiger partial charge in [-0.25, -0.2) is 0 Å². The van der Waals surface area contributed by atoms with E-state index in [0.29, 0.717) is 25.4 Å². The Bertz CT molecular complexity index is 756. The summed E-state index contributed by atoms with van der Waals surface area (Å²) >= 11 is 6.19. The van der Waals surface area contributed by atoms with Gasteiger partial charge < -0.3 is 20.7 Å². The second kappa shape index (κ2) is 7.03. The van der Waals surface area contributed by atoms with E-state index in [-0.39, 0.29) is 17.6 Å². The van der Waals surface area contributed by atoms with Crippen molar-refractivity contribution in [2.24, 2.45) is 5.73 Å². The summed E-state index contributed by atoms with van der Waals surface area (Å²) in [4.78, 5) is 17.6. The number of nitrogens with two attached hydrogens (primary N) is 1. The molecule has 1 atom stereocenters. The minimum Gasteiger partial charge on any atom is -0.506 e. The van der Waals surface area contributed by atoms with Gasteiger partial charge in [0.1, 0.15) is 5.75 Å². The number of unbranched alkanes of at least 4 members (excludes halogenated alkanes) is 2. The van der Waals surface area contributed by atoms with Crippen LogP contribution in [0.3, 0.4) is 0 Å². The first-order valence-electron chi connectivity index (χ1n) is 8.48. The van der Waals surface area contributed by atoms with Gasteiger partial charge in [-0.15, -0.1) is 11.6 Å². The third-order valence-electron chi connectivity index (χ3n) is 4.84. The maximum atomic E-state index is 12.7. The first-order chi connectivity index (χ1) is 11.6. The standard InChI is InChI=1S/C18H24ClN3O2/c1-11-9-21-18-14(23)7-13-17(16(11)18)12(8-19)10-22(13)15(24)5-3-2-4-6-20/h7,9,12,21,23H,2-6,8,10,20H2,1H3. The van der Waals surface area contributed by atoms with Crippen LogP contribution in [-0.4, -0.2) is 35.0 Å². The van der Waals surface area contributed by atoms with Crippen molar-refractivity contribution in [3.63, 3.8) is 0 Å². The van der Waals surface area contributed by atoms with E-state index in [4.69, 9.17) is 17.3 Å². The number of aromatic hydroxyl groups is 1. The normalized spacial score (nSPS) is 16.8. The minimum absolute atomic E-state index is 0.0901.